The van der Waals surface area contributed by atoms with Crippen molar-refractivity contribution in [3.05, 3.63) is 45.9 Å². The molecule has 10 heteroatoms. The van der Waals surface area contributed by atoms with Crippen LogP contribution in [0.2, 0.25) is 0 Å². The number of β-amino-alcohol motifs (C(OH)–C–C–N with tert-alkyl or cyclic N) is 1. The number of aromatic nitrogens is 1. The topological polar surface area (TPSA) is 78.2 Å². The fourth-order valence-electron chi connectivity index (χ4n) is 2.52. The molecule has 0 unspecified atom stereocenters. The highest BCUT2D eigenvalue weighted by Gasteiger charge is 2.38. The zero-order chi connectivity index (χ0) is 18.0. The highest BCUT2D eigenvalue weighted by Crippen LogP contribution is 2.30. The molecule has 0 aliphatic carbocycles. The molecule has 0 radical (unpaired) electrons. The van der Waals surface area contributed by atoms with Crippen LogP contribution in [-0.2, 0) is 6.18 Å². The second kappa shape index (κ2) is 7.38. The van der Waals surface area contributed by atoms with Gasteiger partial charge in [-0.2, -0.15) is 13.2 Å². The van der Waals surface area contributed by atoms with Crippen molar-refractivity contribution in [3.8, 4) is 5.88 Å². The quantitative estimate of drug-likeness (QED) is 0.666. The summed E-state index contributed by atoms with van der Waals surface area (Å²) >= 11 is -0.448. The lowest BCUT2D eigenvalue weighted by atomic mass is 10.0. The number of hydrogen-bond acceptors (Lipinski definition) is 6. The third kappa shape index (κ3) is 4.36. The monoisotopic (exact) mass is 469 g/mol. The first-order chi connectivity index (χ1) is 11.8. The van der Waals surface area contributed by atoms with E-state index in [1.807, 2.05) is 8.98 Å². The van der Waals surface area contributed by atoms with Gasteiger partial charge in [0, 0.05) is 49.6 Å². The van der Waals surface area contributed by atoms with Crippen molar-refractivity contribution < 1.29 is 28.1 Å². The van der Waals surface area contributed by atoms with Crippen LogP contribution in [0.4, 0.5) is 13.2 Å². The van der Waals surface area contributed by atoms with Crippen LogP contribution in [0.15, 0.2) is 43.4 Å². The number of nitrogens with zero attached hydrogens (tertiary/aromatic N) is 3. The van der Waals surface area contributed by atoms with Crippen molar-refractivity contribution in [1.29, 1.82) is 0 Å². The molecule has 2 aliphatic rings. The minimum Gasteiger partial charge on any atom is -0.470 e. The number of aliphatic hydroxyl groups excluding tert-OH is 2. The fraction of sp³-hybridized carbons (Fsp3) is 0.400. The number of piperidine rings is 1. The summed E-state index contributed by atoms with van der Waals surface area (Å²) in [5, 5.41) is 20.2. The Morgan fingerprint density at radius 3 is 2.72 bits per heavy atom. The van der Waals surface area contributed by atoms with Crippen LogP contribution in [0, 0.1) is 0 Å². The Kier molecular flexibility index (Phi) is 5.39. The van der Waals surface area contributed by atoms with Crippen LogP contribution in [0.3, 0.4) is 0 Å². The van der Waals surface area contributed by atoms with Crippen LogP contribution < -0.4 is 4.74 Å². The summed E-state index contributed by atoms with van der Waals surface area (Å²) in [7, 11) is 0. The fourth-order valence-corrected chi connectivity index (χ4v) is 3.91. The third-order valence-corrected chi connectivity index (χ3v) is 5.31. The van der Waals surface area contributed by atoms with E-state index >= 15 is 0 Å². The summed E-state index contributed by atoms with van der Waals surface area (Å²) in [4.78, 5) is 5.26. The van der Waals surface area contributed by atoms with Gasteiger partial charge in [0.2, 0.25) is 5.88 Å². The second-order valence-electron chi connectivity index (χ2n) is 5.52. The van der Waals surface area contributed by atoms with E-state index in [2.05, 4.69) is 8.13 Å². The number of halogens is 4. The van der Waals surface area contributed by atoms with Crippen molar-refractivity contribution in [2.24, 2.45) is 3.15 Å². The van der Waals surface area contributed by atoms with Crippen molar-refractivity contribution in [3.63, 3.8) is 0 Å². The molecule has 1 aromatic rings. The lowest BCUT2D eigenvalue weighted by molar-refractivity contribution is -0.141. The summed E-state index contributed by atoms with van der Waals surface area (Å²) in [6.07, 6.45) is -4.33. The van der Waals surface area contributed by atoms with Crippen LogP contribution >= 0.6 is 21.0 Å². The second-order valence-corrected chi connectivity index (χ2v) is 7.26. The number of ether oxygens (including phenoxy) is 1. The molecule has 0 bridgehead atoms. The molecule has 0 saturated carbocycles. The van der Waals surface area contributed by atoms with Gasteiger partial charge in [-0.15, -0.1) is 0 Å². The average molecular weight is 469 g/mol. The van der Waals surface area contributed by atoms with Crippen LogP contribution in [0.25, 0.3) is 0 Å². The number of alkyl halides is 3. The molecular weight excluding hydrogens is 454 g/mol. The van der Waals surface area contributed by atoms with Crippen LogP contribution in [0.1, 0.15) is 5.69 Å². The molecule has 1 aromatic heterocycles. The van der Waals surface area contributed by atoms with Gasteiger partial charge in [0.25, 0.3) is 0 Å². The van der Waals surface area contributed by atoms with E-state index in [0.29, 0.717) is 0 Å². The number of hydrogen-bond donors (Lipinski definition) is 2. The molecule has 3 heterocycles. The normalized spacial score (nSPS) is 26.8. The number of pyridine rings is 1. The van der Waals surface area contributed by atoms with Gasteiger partial charge in [-0.25, -0.2) is 8.13 Å². The van der Waals surface area contributed by atoms with Gasteiger partial charge < -0.3 is 19.8 Å². The standard InChI is InChI=1S/C15H15F3IN3O3/c16-15(17,18)12-2-1-3-13(21-12)25-11-8-22(7-10(23)14(11)24)9-4-5-20-19-6-9/h1-6,10-11,14,23-24H,7-8H2/t10-,11-,14-/m0/s1. The average Bonchev–Trinajstić information content (AvgIpc) is 2.59. The Morgan fingerprint density at radius 1 is 1.24 bits per heavy atom. The number of aliphatic hydroxyl groups is 2. The summed E-state index contributed by atoms with van der Waals surface area (Å²) in [5.41, 5.74) is -0.212. The molecular formula is C15H15F3IN3O3. The highest BCUT2D eigenvalue weighted by atomic mass is 127. The molecule has 3 rings (SSSR count). The minimum absolute atomic E-state index is 0.205. The lowest BCUT2D eigenvalue weighted by Crippen LogP contribution is -2.56. The van der Waals surface area contributed by atoms with Gasteiger partial charge in [-0.1, -0.05) is 6.07 Å². The van der Waals surface area contributed by atoms with E-state index in [1.54, 1.807) is 12.3 Å². The van der Waals surface area contributed by atoms with E-state index in [4.69, 9.17) is 4.74 Å². The molecule has 1 fully saturated rings. The smallest absolute Gasteiger partial charge is 0.433 e. The van der Waals surface area contributed by atoms with Gasteiger partial charge in [0.15, 0.2) is 0 Å². The summed E-state index contributed by atoms with van der Waals surface area (Å²) in [5.74, 6) is -0.247. The maximum absolute atomic E-state index is 12.8. The number of rotatable bonds is 3. The van der Waals surface area contributed by atoms with Gasteiger partial charge in [0.1, 0.15) is 24.0 Å². The zero-order valence-corrected chi connectivity index (χ0v) is 14.9. The minimum atomic E-state index is -4.58. The predicted molar refractivity (Wildman–Crippen MR) is 90.9 cm³/mol. The van der Waals surface area contributed by atoms with Crippen molar-refractivity contribution in [1.82, 2.24) is 9.88 Å². The van der Waals surface area contributed by atoms with Gasteiger partial charge in [-0.05, 0) is 12.1 Å². The van der Waals surface area contributed by atoms with Gasteiger partial charge in [0.05, 0.1) is 6.54 Å². The molecule has 136 valence electrons. The first-order valence-electron chi connectivity index (χ1n) is 7.36. The Morgan fingerprint density at radius 2 is 2.04 bits per heavy atom. The van der Waals surface area contributed by atoms with Crippen molar-refractivity contribution in [2.45, 2.75) is 24.5 Å². The Labute approximate surface area is 151 Å². The summed E-state index contributed by atoms with van der Waals surface area (Å²) in [6, 6.07) is 3.32. The Hall–Kier alpha value is -1.53. The zero-order valence-electron chi connectivity index (χ0n) is 12.8. The number of allylic oxidation sites excluding steroid dienone is 1. The molecule has 2 aliphatic heterocycles. The van der Waals surface area contributed by atoms with E-state index < -0.39 is 51.2 Å². The van der Waals surface area contributed by atoms with Crippen LogP contribution in [0.5, 0.6) is 5.88 Å². The van der Waals surface area contributed by atoms with E-state index in [1.165, 1.54) is 12.1 Å². The first kappa shape index (κ1) is 18.3. The first-order valence-corrected chi connectivity index (χ1v) is 9.57. The van der Waals surface area contributed by atoms with E-state index in [-0.39, 0.29) is 19.0 Å². The number of likely N-dealkylation sites (tertiary alicyclic amines) is 1. The van der Waals surface area contributed by atoms with E-state index in [0.717, 1.165) is 11.8 Å². The van der Waals surface area contributed by atoms with Crippen LogP contribution in [-0.4, -0.2) is 51.5 Å². The maximum Gasteiger partial charge on any atom is 0.433 e. The SMILES string of the molecule is O[C@@H]1[C@@H](Oc2cccc(C(F)(F)F)n2)CN(C2=CI=NC=C2)C[C@@H]1O. The molecule has 2 N–H and O–H groups in total. The molecule has 1 saturated heterocycles. The van der Waals surface area contributed by atoms with Crippen molar-refractivity contribution in [2.75, 3.05) is 13.1 Å². The summed E-state index contributed by atoms with van der Waals surface area (Å²) in [6.45, 7) is 0.424. The predicted octanol–water partition coefficient (Wildman–Crippen LogP) is 2.41. The molecule has 25 heavy (non-hydrogen) atoms. The lowest BCUT2D eigenvalue weighted by Gasteiger charge is -2.40. The summed E-state index contributed by atoms with van der Waals surface area (Å²) < 4.78 is 49.8. The molecule has 3 atom stereocenters. The van der Waals surface area contributed by atoms with Gasteiger partial charge in [-0.3, -0.25) is 0 Å². The molecule has 0 amide bonds. The van der Waals surface area contributed by atoms with Crippen molar-refractivity contribution >= 4 is 21.0 Å². The largest absolute Gasteiger partial charge is 0.470 e. The molecule has 6 nitrogen and oxygen atoms in total. The van der Waals surface area contributed by atoms with E-state index in [9.17, 15) is 23.4 Å². The highest BCUT2D eigenvalue weighted by molar-refractivity contribution is 14.2. The molecule has 0 aromatic carbocycles. The molecule has 0 spiro atoms. The Bertz CT molecular complexity index is 723. The maximum atomic E-state index is 12.8. The third-order valence-electron chi connectivity index (χ3n) is 3.75. The van der Waals surface area contributed by atoms with Gasteiger partial charge >= 0.3 is 6.18 Å². The Balaban J connectivity index is 1.77.